The predicted octanol–water partition coefficient (Wildman–Crippen LogP) is 5.29. The summed E-state index contributed by atoms with van der Waals surface area (Å²) < 4.78 is 37.4. The van der Waals surface area contributed by atoms with Gasteiger partial charge in [0.15, 0.2) is 5.78 Å². The minimum Gasteiger partial charge on any atom is -0.457 e. The van der Waals surface area contributed by atoms with Crippen molar-refractivity contribution in [3.8, 4) is 23.0 Å². The largest absolute Gasteiger partial charge is 0.457 e. The summed E-state index contributed by atoms with van der Waals surface area (Å²) in [5.41, 5.74) is 1.87. The summed E-state index contributed by atoms with van der Waals surface area (Å²) in [4.78, 5) is 11.3. The van der Waals surface area contributed by atoms with Crippen LogP contribution in [0.5, 0.6) is 23.0 Å². The van der Waals surface area contributed by atoms with Crippen LogP contribution in [0.4, 0.5) is 0 Å². The minimum atomic E-state index is -3.67. The first-order chi connectivity index (χ1) is 13.6. The molecule has 1 N–H and O–H groups in total. The highest BCUT2D eigenvalue weighted by Crippen LogP contribution is 2.27. The van der Waals surface area contributed by atoms with Crippen LogP contribution in [0.3, 0.4) is 0 Å². The first-order valence-electron chi connectivity index (χ1n) is 8.66. The van der Waals surface area contributed by atoms with Crippen LogP contribution in [0.2, 0.25) is 0 Å². The van der Waals surface area contributed by atoms with Gasteiger partial charge in [0.25, 0.3) is 10.1 Å². The number of benzene rings is 3. The first kappa shape index (κ1) is 22.1. The van der Waals surface area contributed by atoms with Crippen LogP contribution in [0, 0.1) is 6.92 Å². The van der Waals surface area contributed by atoms with E-state index in [4.69, 9.17) is 14.0 Å². The van der Waals surface area contributed by atoms with Crippen molar-refractivity contribution >= 4 is 15.9 Å². The Morgan fingerprint density at radius 3 is 1.31 bits per heavy atom. The van der Waals surface area contributed by atoms with Gasteiger partial charge in [0.1, 0.15) is 23.0 Å². The number of rotatable bonds is 5. The summed E-state index contributed by atoms with van der Waals surface area (Å²) in [6.07, 6.45) is 0.715. The van der Waals surface area contributed by atoms with Crippen molar-refractivity contribution in [1.29, 1.82) is 0 Å². The lowest BCUT2D eigenvalue weighted by Gasteiger charge is -2.09. The van der Waals surface area contributed by atoms with Gasteiger partial charge in [-0.15, -0.1) is 0 Å². The third kappa shape index (κ3) is 8.59. The second-order valence-electron chi connectivity index (χ2n) is 6.30. The molecule has 0 heterocycles. The third-order valence-electron chi connectivity index (χ3n) is 3.58. The lowest BCUT2D eigenvalue weighted by atomic mass is 10.1. The summed E-state index contributed by atoms with van der Waals surface area (Å²) >= 11 is 0. The first-order valence-corrected chi connectivity index (χ1v) is 10.5. The summed E-state index contributed by atoms with van der Waals surface area (Å²) in [5, 5.41) is 0. The molecule has 0 aromatic heterocycles. The Hall–Kier alpha value is -3.16. The minimum absolute atomic E-state index is 0.0409. The standard InChI is InChI=1S/C21H18O3.CH4O3S/c1-15-3-7-18(8-4-15)23-20-11-13-21(14-12-20)24-19-9-5-17(6-10-19)16(2)22;1-5(2,3)4/h3-14H,1-2H3;1H3,(H,2,3,4). The van der Waals surface area contributed by atoms with Gasteiger partial charge < -0.3 is 9.47 Å². The number of hydrogen-bond acceptors (Lipinski definition) is 5. The number of ketones is 1. The SMILES string of the molecule is CC(=O)c1ccc(Oc2ccc(Oc3ccc(C)cc3)cc2)cc1.CS(=O)(=O)O. The van der Waals surface area contributed by atoms with Crippen LogP contribution in [0.25, 0.3) is 0 Å². The van der Waals surface area contributed by atoms with E-state index in [2.05, 4.69) is 0 Å². The Morgan fingerprint density at radius 2 is 1.00 bits per heavy atom. The molecule has 0 saturated heterocycles. The fraction of sp³-hybridized carbons (Fsp3) is 0.136. The molecule has 7 heteroatoms. The van der Waals surface area contributed by atoms with E-state index in [1.807, 2.05) is 55.5 Å². The van der Waals surface area contributed by atoms with Gasteiger partial charge in [-0.2, -0.15) is 8.42 Å². The average Bonchev–Trinajstić information content (AvgIpc) is 2.64. The maximum absolute atomic E-state index is 11.3. The fourth-order valence-electron chi connectivity index (χ4n) is 2.21. The molecule has 0 saturated carbocycles. The zero-order chi connectivity index (χ0) is 21.4. The van der Waals surface area contributed by atoms with Gasteiger partial charge in [-0.1, -0.05) is 17.7 Å². The van der Waals surface area contributed by atoms with Crippen LogP contribution in [0.1, 0.15) is 22.8 Å². The Labute approximate surface area is 170 Å². The molecule has 0 fully saturated rings. The molecule has 0 aliphatic carbocycles. The molecule has 0 bridgehead atoms. The number of hydrogen-bond donors (Lipinski definition) is 1. The van der Waals surface area contributed by atoms with E-state index in [9.17, 15) is 13.2 Å². The molecule has 6 nitrogen and oxygen atoms in total. The molecular weight excluding hydrogens is 392 g/mol. The quantitative estimate of drug-likeness (QED) is 0.451. The smallest absolute Gasteiger partial charge is 0.261 e. The fourth-order valence-corrected chi connectivity index (χ4v) is 2.21. The summed E-state index contributed by atoms with van der Waals surface area (Å²) in [5.74, 6) is 2.99. The van der Waals surface area contributed by atoms with Crippen molar-refractivity contribution in [2.24, 2.45) is 0 Å². The lowest BCUT2D eigenvalue weighted by Crippen LogP contribution is -1.91. The van der Waals surface area contributed by atoms with Crippen molar-refractivity contribution in [2.45, 2.75) is 13.8 Å². The summed E-state index contributed by atoms with van der Waals surface area (Å²) in [6, 6.07) is 22.4. The molecule has 0 unspecified atom stereocenters. The van der Waals surface area contributed by atoms with Crippen LogP contribution in [-0.4, -0.2) is 25.0 Å². The lowest BCUT2D eigenvalue weighted by molar-refractivity contribution is 0.101. The van der Waals surface area contributed by atoms with Crippen LogP contribution < -0.4 is 9.47 Å². The highest BCUT2D eigenvalue weighted by atomic mass is 32.2. The molecule has 152 valence electrons. The Bertz CT molecular complexity index is 1030. The van der Waals surface area contributed by atoms with Gasteiger partial charge in [0.05, 0.1) is 6.26 Å². The monoisotopic (exact) mass is 414 g/mol. The van der Waals surface area contributed by atoms with E-state index in [0.717, 1.165) is 11.5 Å². The van der Waals surface area contributed by atoms with E-state index < -0.39 is 10.1 Å². The van der Waals surface area contributed by atoms with Gasteiger partial charge >= 0.3 is 0 Å². The van der Waals surface area contributed by atoms with Crippen LogP contribution in [0.15, 0.2) is 72.8 Å². The number of aryl methyl sites for hydroxylation is 1. The van der Waals surface area contributed by atoms with Crippen LogP contribution in [-0.2, 0) is 10.1 Å². The van der Waals surface area contributed by atoms with Gasteiger partial charge in [0.2, 0.25) is 0 Å². The second kappa shape index (κ2) is 9.86. The van der Waals surface area contributed by atoms with Crippen molar-refractivity contribution in [1.82, 2.24) is 0 Å². The number of Topliss-reactive ketones (excluding diaryl/α,β-unsaturated/α-hetero) is 1. The maximum atomic E-state index is 11.3. The normalized spacial score (nSPS) is 10.5. The van der Waals surface area contributed by atoms with Crippen LogP contribution >= 0.6 is 0 Å². The molecule has 29 heavy (non-hydrogen) atoms. The van der Waals surface area contributed by atoms with Gasteiger partial charge in [-0.3, -0.25) is 9.35 Å². The third-order valence-corrected chi connectivity index (χ3v) is 3.58. The Balaban J connectivity index is 0.000000537. The molecule has 0 atom stereocenters. The Morgan fingerprint density at radius 1 is 0.724 bits per heavy atom. The Kier molecular flexibility index (Phi) is 7.52. The van der Waals surface area contributed by atoms with E-state index in [-0.39, 0.29) is 5.78 Å². The number of ether oxygens (including phenoxy) is 2. The van der Waals surface area contributed by atoms with Gasteiger partial charge in [-0.25, -0.2) is 0 Å². The van der Waals surface area contributed by atoms with E-state index in [1.165, 1.54) is 5.56 Å². The van der Waals surface area contributed by atoms with E-state index in [1.54, 1.807) is 31.2 Å². The molecule has 3 rings (SSSR count). The van der Waals surface area contributed by atoms with Gasteiger partial charge in [0, 0.05) is 5.56 Å². The average molecular weight is 414 g/mol. The van der Waals surface area contributed by atoms with Crippen molar-refractivity contribution in [3.05, 3.63) is 83.9 Å². The zero-order valence-corrected chi connectivity index (χ0v) is 17.1. The topological polar surface area (TPSA) is 89.9 Å². The molecule has 0 aliphatic rings. The molecule has 3 aromatic carbocycles. The van der Waals surface area contributed by atoms with E-state index in [0.29, 0.717) is 23.3 Å². The summed E-state index contributed by atoms with van der Waals surface area (Å²) in [7, 11) is -3.67. The summed E-state index contributed by atoms with van der Waals surface area (Å²) in [6.45, 7) is 3.58. The number of carbonyl (C=O) groups is 1. The second-order valence-corrected chi connectivity index (χ2v) is 7.77. The van der Waals surface area contributed by atoms with Gasteiger partial charge in [-0.05, 0) is 74.5 Å². The molecular formula is C22H22O6S. The van der Waals surface area contributed by atoms with Crippen molar-refractivity contribution < 1.29 is 27.2 Å². The van der Waals surface area contributed by atoms with Crippen molar-refractivity contribution in [2.75, 3.05) is 6.26 Å². The molecule has 3 aromatic rings. The van der Waals surface area contributed by atoms with E-state index >= 15 is 0 Å². The molecule has 0 amide bonds. The zero-order valence-electron chi connectivity index (χ0n) is 16.3. The molecule has 0 spiro atoms. The maximum Gasteiger partial charge on any atom is 0.261 e. The highest BCUT2D eigenvalue weighted by molar-refractivity contribution is 7.85. The number of carbonyl (C=O) groups excluding carboxylic acids is 1. The molecule has 0 aliphatic heterocycles. The predicted molar refractivity (Wildman–Crippen MR) is 112 cm³/mol. The highest BCUT2D eigenvalue weighted by Gasteiger charge is 2.02. The molecule has 0 radical (unpaired) electrons. The van der Waals surface area contributed by atoms with Crippen molar-refractivity contribution in [3.63, 3.8) is 0 Å².